The Bertz CT molecular complexity index is 826. The predicted molar refractivity (Wildman–Crippen MR) is 113 cm³/mol. The molecule has 0 aliphatic carbocycles. The maximum atomic E-state index is 14.3. The molecule has 2 heterocycles. The highest BCUT2D eigenvalue weighted by molar-refractivity contribution is 6.05. The van der Waals surface area contributed by atoms with Crippen molar-refractivity contribution in [2.24, 2.45) is 5.73 Å². The molecule has 3 N–H and O–H groups in total. The van der Waals surface area contributed by atoms with E-state index in [2.05, 4.69) is 14.9 Å². The summed E-state index contributed by atoms with van der Waals surface area (Å²) in [5, 5.41) is 8.32. The van der Waals surface area contributed by atoms with Crippen LogP contribution in [0.4, 0.5) is 10.2 Å². The van der Waals surface area contributed by atoms with E-state index < -0.39 is 5.83 Å². The molecule has 1 aromatic heterocycles. The van der Waals surface area contributed by atoms with E-state index in [1.165, 1.54) is 24.6 Å². The van der Waals surface area contributed by atoms with Crippen molar-refractivity contribution >= 4 is 11.5 Å². The second kappa shape index (κ2) is 9.65. The molecule has 0 spiro atoms. The van der Waals surface area contributed by atoms with Crippen molar-refractivity contribution < 1.29 is 13.9 Å². The molecule has 1 aliphatic heterocycles. The van der Waals surface area contributed by atoms with E-state index in [1.807, 2.05) is 13.8 Å². The van der Waals surface area contributed by atoms with Gasteiger partial charge in [0.25, 0.3) is 0 Å². The Morgan fingerprint density at radius 1 is 1.38 bits per heavy atom. The molecule has 0 aromatic carbocycles. The minimum absolute atomic E-state index is 0.0127. The zero-order chi connectivity index (χ0) is 21.6. The third-order valence-electron chi connectivity index (χ3n) is 4.03. The quantitative estimate of drug-likeness (QED) is 0.411. The van der Waals surface area contributed by atoms with Crippen LogP contribution in [0, 0.1) is 5.41 Å². The van der Waals surface area contributed by atoms with Crippen LogP contribution in [0.2, 0.25) is 0 Å². The Balaban J connectivity index is 2.22. The first-order chi connectivity index (χ1) is 13.6. The highest BCUT2D eigenvalue weighted by Crippen LogP contribution is 2.22. The van der Waals surface area contributed by atoms with Crippen LogP contribution < -0.4 is 10.6 Å². The average molecular weight is 404 g/mol. The first-order valence-corrected chi connectivity index (χ1v) is 9.55. The van der Waals surface area contributed by atoms with Gasteiger partial charge in [-0.25, -0.2) is 14.4 Å². The van der Waals surface area contributed by atoms with Gasteiger partial charge in [-0.3, -0.25) is 5.41 Å². The molecule has 0 atom stereocenters. The van der Waals surface area contributed by atoms with Crippen molar-refractivity contribution in [3.8, 4) is 0 Å². The summed E-state index contributed by atoms with van der Waals surface area (Å²) < 4.78 is 25.6. The molecular formula is C21H30FN5O2. The summed E-state index contributed by atoms with van der Waals surface area (Å²) in [7, 11) is 0. The largest absolute Gasteiger partial charge is 0.488 e. The van der Waals surface area contributed by atoms with Crippen LogP contribution in [0.1, 0.15) is 40.3 Å². The SMILES string of the molecule is C\C(N)=C/C(F)=C(\C=C\C(=N)c1cc(N2CCOC(C)(C)C2)ncn1)OC(C)C. The molecule has 8 heteroatoms. The fraction of sp³-hybridized carbons (Fsp3) is 0.476. The van der Waals surface area contributed by atoms with E-state index in [4.69, 9.17) is 20.6 Å². The van der Waals surface area contributed by atoms with Crippen molar-refractivity contribution in [2.45, 2.75) is 46.3 Å². The third kappa shape index (κ3) is 6.98. The zero-order valence-corrected chi connectivity index (χ0v) is 17.7. The number of allylic oxidation sites excluding steroid dienone is 5. The van der Waals surface area contributed by atoms with Gasteiger partial charge in [0.1, 0.15) is 12.1 Å². The predicted octanol–water partition coefficient (Wildman–Crippen LogP) is 3.48. The molecule has 158 valence electrons. The lowest BCUT2D eigenvalue weighted by atomic mass is 10.1. The van der Waals surface area contributed by atoms with Crippen molar-refractivity contribution in [3.05, 3.63) is 53.6 Å². The van der Waals surface area contributed by atoms with E-state index in [9.17, 15) is 4.39 Å². The Morgan fingerprint density at radius 3 is 2.72 bits per heavy atom. The smallest absolute Gasteiger partial charge is 0.166 e. The van der Waals surface area contributed by atoms with Gasteiger partial charge < -0.3 is 20.1 Å². The van der Waals surface area contributed by atoms with E-state index in [1.54, 1.807) is 26.8 Å². The number of nitrogens with two attached hydrogens (primary N) is 1. The number of nitrogens with zero attached hydrogens (tertiary/aromatic N) is 3. The number of aromatic nitrogens is 2. The molecular weight excluding hydrogens is 373 g/mol. The minimum Gasteiger partial charge on any atom is -0.488 e. The van der Waals surface area contributed by atoms with E-state index in [-0.39, 0.29) is 23.2 Å². The van der Waals surface area contributed by atoms with Gasteiger partial charge in [-0.15, -0.1) is 0 Å². The zero-order valence-electron chi connectivity index (χ0n) is 17.7. The van der Waals surface area contributed by atoms with Gasteiger partial charge in [0.05, 0.1) is 29.7 Å². The lowest BCUT2D eigenvalue weighted by molar-refractivity contribution is -0.0279. The molecule has 1 aromatic rings. The maximum absolute atomic E-state index is 14.3. The summed E-state index contributed by atoms with van der Waals surface area (Å²) in [4.78, 5) is 10.6. The van der Waals surface area contributed by atoms with E-state index in [0.29, 0.717) is 31.1 Å². The molecule has 1 fully saturated rings. The first-order valence-electron chi connectivity index (χ1n) is 9.55. The summed E-state index contributed by atoms with van der Waals surface area (Å²) in [6, 6.07) is 1.75. The van der Waals surface area contributed by atoms with Crippen LogP contribution in [0.5, 0.6) is 0 Å². The van der Waals surface area contributed by atoms with Crippen LogP contribution in [0.3, 0.4) is 0 Å². The lowest BCUT2D eigenvalue weighted by Gasteiger charge is -2.38. The van der Waals surface area contributed by atoms with Gasteiger partial charge in [-0.05, 0) is 52.8 Å². The van der Waals surface area contributed by atoms with Crippen LogP contribution in [0.15, 0.2) is 47.9 Å². The second-order valence-corrected chi connectivity index (χ2v) is 7.81. The fourth-order valence-corrected chi connectivity index (χ4v) is 2.82. The van der Waals surface area contributed by atoms with E-state index >= 15 is 0 Å². The fourth-order valence-electron chi connectivity index (χ4n) is 2.82. The Kier molecular flexibility index (Phi) is 7.50. The van der Waals surface area contributed by atoms with Gasteiger partial charge in [0, 0.05) is 24.9 Å². The number of rotatable bonds is 7. The molecule has 29 heavy (non-hydrogen) atoms. The van der Waals surface area contributed by atoms with Crippen LogP contribution in [-0.2, 0) is 9.47 Å². The normalized spacial score (nSPS) is 18.2. The second-order valence-electron chi connectivity index (χ2n) is 7.81. The van der Waals surface area contributed by atoms with Crippen molar-refractivity contribution in [2.75, 3.05) is 24.6 Å². The Hall–Kier alpha value is -2.74. The molecule has 1 aliphatic rings. The van der Waals surface area contributed by atoms with Crippen LogP contribution >= 0.6 is 0 Å². The number of morpholine rings is 1. The van der Waals surface area contributed by atoms with Crippen molar-refractivity contribution in [1.82, 2.24) is 9.97 Å². The number of halogens is 1. The van der Waals surface area contributed by atoms with Gasteiger partial charge >= 0.3 is 0 Å². The number of anilines is 1. The molecule has 0 saturated carbocycles. The molecule has 0 bridgehead atoms. The summed E-state index contributed by atoms with van der Waals surface area (Å²) in [5.41, 5.74) is 6.16. The molecule has 0 unspecified atom stereocenters. The molecule has 1 saturated heterocycles. The van der Waals surface area contributed by atoms with Crippen molar-refractivity contribution in [3.63, 3.8) is 0 Å². The van der Waals surface area contributed by atoms with Crippen LogP contribution in [0.25, 0.3) is 0 Å². The molecule has 2 rings (SSSR count). The maximum Gasteiger partial charge on any atom is 0.166 e. The molecule has 0 radical (unpaired) electrons. The summed E-state index contributed by atoms with van der Waals surface area (Å²) >= 11 is 0. The summed E-state index contributed by atoms with van der Waals surface area (Å²) in [5.74, 6) is 0.145. The van der Waals surface area contributed by atoms with Gasteiger partial charge in [0.15, 0.2) is 11.6 Å². The number of hydrogen-bond donors (Lipinski definition) is 2. The highest BCUT2D eigenvalue weighted by Gasteiger charge is 2.28. The summed E-state index contributed by atoms with van der Waals surface area (Å²) in [6.45, 7) is 11.3. The number of ether oxygens (including phenoxy) is 2. The topological polar surface area (TPSA) is 97.4 Å². The first kappa shape index (κ1) is 22.5. The van der Waals surface area contributed by atoms with Gasteiger partial charge in [-0.2, -0.15) is 0 Å². The number of nitrogens with one attached hydrogen (secondary N) is 1. The monoisotopic (exact) mass is 403 g/mol. The van der Waals surface area contributed by atoms with Gasteiger partial charge in [0.2, 0.25) is 0 Å². The highest BCUT2D eigenvalue weighted by atomic mass is 19.1. The molecule has 7 nitrogen and oxygen atoms in total. The minimum atomic E-state index is -0.596. The summed E-state index contributed by atoms with van der Waals surface area (Å²) in [6.07, 6.45) is 5.26. The van der Waals surface area contributed by atoms with Gasteiger partial charge in [-0.1, -0.05) is 0 Å². The van der Waals surface area contributed by atoms with E-state index in [0.717, 1.165) is 5.82 Å². The standard InChI is InChI=1S/C21H30FN5O2/c1-14(2)29-19(16(22)10-15(3)23)7-6-17(24)18-11-20(26-13-25-18)27-8-9-28-21(4,5)12-27/h6-7,10-11,13-14,24H,8-9,12,23H2,1-5H3/b7-6+,15-10+,19-16-,24-17?. The average Bonchev–Trinajstić information content (AvgIpc) is 2.63. The Morgan fingerprint density at radius 2 is 2.10 bits per heavy atom. The third-order valence-corrected chi connectivity index (χ3v) is 4.03. The number of hydrogen-bond acceptors (Lipinski definition) is 7. The Labute approximate surface area is 171 Å². The van der Waals surface area contributed by atoms with Crippen molar-refractivity contribution in [1.29, 1.82) is 5.41 Å². The molecule has 0 amide bonds. The van der Waals surface area contributed by atoms with Crippen LogP contribution in [-0.4, -0.2) is 47.1 Å². The lowest BCUT2D eigenvalue weighted by Crippen LogP contribution is -2.48.